The van der Waals surface area contributed by atoms with Crippen LogP contribution >= 0.6 is 0 Å². The van der Waals surface area contributed by atoms with E-state index in [-0.39, 0.29) is 0 Å². The standard InChI is InChI=1S/C10H16N2O2/c1-10(2,3)12(13)9-8(14-4)6-5-7-11-9/h5-7,13H,1-4H3. The lowest BCUT2D eigenvalue weighted by Gasteiger charge is -2.30. The fraction of sp³-hybridized carbons (Fsp3) is 0.500. The summed E-state index contributed by atoms with van der Waals surface area (Å²) >= 11 is 0. The lowest BCUT2D eigenvalue weighted by atomic mass is 10.1. The highest BCUT2D eigenvalue weighted by molar-refractivity contribution is 5.51. The average Bonchev–Trinajstić information content (AvgIpc) is 2.15. The monoisotopic (exact) mass is 196 g/mol. The van der Waals surface area contributed by atoms with Crippen LogP contribution in [0.25, 0.3) is 0 Å². The Morgan fingerprint density at radius 1 is 1.43 bits per heavy atom. The second-order valence-corrected chi connectivity index (χ2v) is 4.01. The Hall–Kier alpha value is -1.29. The molecule has 0 saturated carbocycles. The van der Waals surface area contributed by atoms with E-state index in [0.29, 0.717) is 11.6 Å². The number of ether oxygens (including phenoxy) is 1. The molecular formula is C10H16N2O2. The van der Waals surface area contributed by atoms with E-state index in [2.05, 4.69) is 4.98 Å². The number of methoxy groups -OCH3 is 1. The van der Waals surface area contributed by atoms with Crippen LogP contribution in [0.5, 0.6) is 5.75 Å². The molecule has 1 heterocycles. The summed E-state index contributed by atoms with van der Waals surface area (Å²) < 4.78 is 5.10. The Balaban J connectivity index is 3.06. The van der Waals surface area contributed by atoms with E-state index >= 15 is 0 Å². The van der Waals surface area contributed by atoms with Gasteiger partial charge in [0.15, 0.2) is 11.6 Å². The van der Waals surface area contributed by atoms with E-state index in [4.69, 9.17) is 4.74 Å². The van der Waals surface area contributed by atoms with Gasteiger partial charge in [0.1, 0.15) is 0 Å². The third-order valence-electron chi connectivity index (χ3n) is 1.81. The van der Waals surface area contributed by atoms with Crippen LogP contribution in [0.3, 0.4) is 0 Å². The number of hydrogen-bond acceptors (Lipinski definition) is 4. The van der Waals surface area contributed by atoms with Gasteiger partial charge in [-0.2, -0.15) is 0 Å². The SMILES string of the molecule is COc1cccnc1N(O)C(C)(C)C. The van der Waals surface area contributed by atoms with Gasteiger partial charge in [-0.1, -0.05) is 0 Å². The molecule has 0 atom stereocenters. The van der Waals surface area contributed by atoms with Crippen molar-refractivity contribution in [3.8, 4) is 5.75 Å². The normalized spacial score (nSPS) is 11.2. The maximum atomic E-state index is 9.86. The van der Waals surface area contributed by atoms with Crippen molar-refractivity contribution in [2.75, 3.05) is 12.2 Å². The van der Waals surface area contributed by atoms with Crippen LogP contribution in [0.1, 0.15) is 20.8 Å². The minimum atomic E-state index is -0.401. The Bertz CT molecular complexity index is 307. The lowest BCUT2D eigenvalue weighted by molar-refractivity contribution is 0.175. The zero-order valence-electron chi connectivity index (χ0n) is 8.98. The molecule has 0 aliphatic carbocycles. The summed E-state index contributed by atoms with van der Waals surface area (Å²) in [7, 11) is 1.55. The van der Waals surface area contributed by atoms with Crippen LogP contribution in [0.4, 0.5) is 5.82 Å². The average molecular weight is 196 g/mol. The number of hydrogen-bond donors (Lipinski definition) is 1. The molecule has 0 amide bonds. The molecule has 0 fully saturated rings. The quantitative estimate of drug-likeness (QED) is 0.736. The lowest BCUT2D eigenvalue weighted by Crippen LogP contribution is -2.39. The van der Waals surface area contributed by atoms with Crippen LogP contribution in [0.2, 0.25) is 0 Å². The Labute approximate surface area is 84.1 Å². The Kier molecular flexibility index (Phi) is 2.96. The highest BCUT2D eigenvalue weighted by Crippen LogP contribution is 2.28. The minimum Gasteiger partial charge on any atom is -0.493 e. The maximum absolute atomic E-state index is 9.86. The molecule has 1 N–H and O–H groups in total. The van der Waals surface area contributed by atoms with Gasteiger partial charge in [-0.25, -0.2) is 10.0 Å². The molecule has 1 rings (SSSR count). The molecule has 1 aromatic rings. The molecule has 4 nitrogen and oxygen atoms in total. The van der Waals surface area contributed by atoms with E-state index in [9.17, 15) is 5.21 Å². The smallest absolute Gasteiger partial charge is 0.195 e. The van der Waals surface area contributed by atoms with Gasteiger partial charge < -0.3 is 4.74 Å². The Morgan fingerprint density at radius 2 is 2.07 bits per heavy atom. The molecule has 14 heavy (non-hydrogen) atoms. The van der Waals surface area contributed by atoms with E-state index in [1.165, 1.54) is 0 Å². The first-order valence-electron chi connectivity index (χ1n) is 4.45. The number of aromatic nitrogens is 1. The van der Waals surface area contributed by atoms with E-state index in [1.807, 2.05) is 20.8 Å². The first-order chi connectivity index (χ1) is 6.46. The van der Waals surface area contributed by atoms with E-state index in [0.717, 1.165) is 5.06 Å². The largest absolute Gasteiger partial charge is 0.493 e. The molecule has 0 aliphatic rings. The molecule has 0 saturated heterocycles. The predicted molar refractivity (Wildman–Crippen MR) is 54.8 cm³/mol. The van der Waals surface area contributed by atoms with Gasteiger partial charge in [0, 0.05) is 6.20 Å². The molecule has 0 aromatic carbocycles. The van der Waals surface area contributed by atoms with Gasteiger partial charge in [-0.05, 0) is 32.9 Å². The van der Waals surface area contributed by atoms with Crippen molar-refractivity contribution < 1.29 is 9.94 Å². The summed E-state index contributed by atoms with van der Waals surface area (Å²) in [6, 6.07) is 3.52. The van der Waals surface area contributed by atoms with Crippen LogP contribution in [0, 0.1) is 0 Å². The first kappa shape index (κ1) is 10.8. The molecule has 1 aromatic heterocycles. The summed E-state index contributed by atoms with van der Waals surface area (Å²) in [6.07, 6.45) is 1.62. The molecule has 0 bridgehead atoms. The second kappa shape index (κ2) is 3.84. The van der Waals surface area contributed by atoms with Crippen molar-refractivity contribution in [2.24, 2.45) is 0 Å². The first-order valence-corrected chi connectivity index (χ1v) is 4.45. The van der Waals surface area contributed by atoms with Crippen LogP contribution in [0.15, 0.2) is 18.3 Å². The summed E-state index contributed by atoms with van der Waals surface area (Å²) in [6.45, 7) is 5.67. The summed E-state index contributed by atoms with van der Waals surface area (Å²) in [5.74, 6) is 0.993. The summed E-state index contributed by atoms with van der Waals surface area (Å²) in [4.78, 5) is 4.07. The molecule has 0 radical (unpaired) electrons. The molecular weight excluding hydrogens is 180 g/mol. The van der Waals surface area contributed by atoms with Gasteiger partial charge in [-0.3, -0.25) is 5.21 Å². The number of pyridine rings is 1. The molecule has 0 spiro atoms. The van der Waals surface area contributed by atoms with Crippen molar-refractivity contribution in [3.05, 3.63) is 18.3 Å². The highest BCUT2D eigenvalue weighted by Gasteiger charge is 2.23. The molecule has 78 valence electrons. The summed E-state index contributed by atoms with van der Waals surface area (Å²) in [5, 5.41) is 11.0. The van der Waals surface area contributed by atoms with Crippen LogP contribution < -0.4 is 9.80 Å². The number of rotatable bonds is 2. The van der Waals surface area contributed by atoms with Gasteiger partial charge >= 0.3 is 0 Å². The van der Waals surface area contributed by atoms with Crippen molar-refractivity contribution in [3.63, 3.8) is 0 Å². The zero-order chi connectivity index (χ0) is 10.8. The minimum absolute atomic E-state index is 0.401. The van der Waals surface area contributed by atoms with E-state index < -0.39 is 5.54 Å². The van der Waals surface area contributed by atoms with Crippen molar-refractivity contribution in [1.82, 2.24) is 4.98 Å². The topological polar surface area (TPSA) is 45.6 Å². The number of nitrogens with zero attached hydrogens (tertiary/aromatic N) is 2. The van der Waals surface area contributed by atoms with E-state index in [1.54, 1.807) is 25.4 Å². The van der Waals surface area contributed by atoms with Crippen LogP contribution in [-0.4, -0.2) is 22.8 Å². The molecule has 0 aliphatic heterocycles. The van der Waals surface area contributed by atoms with Gasteiger partial charge in [0.25, 0.3) is 0 Å². The van der Waals surface area contributed by atoms with Gasteiger partial charge in [0.2, 0.25) is 0 Å². The van der Waals surface area contributed by atoms with Gasteiger partial charge in [-0.15, -0.1) is 0 Å². The third kappa shape index (κ3) is 2.14. The Morgan fingerprint density at radius 3 is 2.57 bits per heavy atom. The molecule has 4 heteroatoms. The fourth-order valence-electron chi connectivity index (χ4n) is 1.02. The predicted octanol–water partition coefficient (Wildman–Crippen LogP) is 2.08. The number of anilines is 1. The van der Waals surface area contributed by atoms with Crippen molar-refractivity contribution in [2.45, 2.75) is 26.3 Å². The highest BCUT2D eigenvalue weighted by atomic mass is 16.5. The number of hydroxylamine groups is 1. The van der Waals surface area contributed by atoms with Crippen molar-refractivity contribution >= 4 is 5.82 Å². The third-order valence-corrected chi connectivity index (χ3v) is 1.81. The zero-order valence-corrected chi connectivity index (χ0v) is 8.98. The molecule has 0 unspecified atom stereocenters. The second-order valence-electron chi connectivity index (χ2n) is 4.01. The van der Waals surface area contributed by atoms with Crippen molar-refractivity contribution in [1.29, 1.82) is 0 Å². The fourth-order valence-corrected chi connectivity index (χ4v) is 1.02. The van der Waals surface area contributed by atoms with Gasteiger partial charge in [0.05, 0.1) is 12.6 Å². The maximum Gasteiger partial charge on any atom is 0.195 e. The van der Waals surface area contributed by atoms with Crippen LogP contribution in [-0.2, 0) is 0 Å². The summed E-state index contributed by atoms with van der Waals surface area (Å²) in [5.41, 5.74) is -0.401.